The highest BCUT2D eigenvalue weighted by molar-refractivity contribution is 9.10. The predicted octanol–water partition coefficient (Wildman–Crippen LogP) is 3.10. The fourth-order valence-corrected chi connectivity index (χ4v) is 1.96. The van der Waals surface area contributed by atoms with E-state index in [1.165, 1.54) is 6.07 Å². The van der Waals surface area contributed by atoms with Crippen LogP contribution in [0.1, 0.15) is 11.1 Å². The molecule has 0 aliphatic heterocycles. The number of carbonyl (C=O) groups excluding carboxylic acids is 1. The van der Waals surface area contributed by atoms with E-state index in [4.69, 9.17) is 17.3 Å². The van der Waals surface area contributed by atoms with Crippen molar-refractivity contribution in [2.75, 3.05) is 0 Å². The summed E-state index contributed by atoms with van der Waals surface area (Å²) in [5, 5.41) is -1.02. The average molecular weight is 331 g/mol. The summed E-state index contributed by atoms with van der Waals surface area (Å²) in [6, 6.07) is 3.37. The number of rotatable bonds is 3. The van der Waals surface area contributed by atoms with Gasteiger partial charge >= 0.3 is 6.18 Å². The maximum absolute atomic E-state index is 12.5. The Bertz CT molecular complexity index is 436. The van der Waals surface area contributed by atoms with Crippen molar-refractivity contribution in [1.82, 2.24) is 0 Å². The highest BCUT2D eigenvalue weighted by atomic mass is 79.9. The average Bonchev–Trinajstić information content (AvgIpc) is 2.15. The van der Waals surface area contributed by atoms with Crippen LogP contribution in [0.5, 0.6) is 0 Å². The summed E-state index contributed by atoms with van der Waals surface area (Å²) >= 11 is 8.57. The van der Waals surface area contributed by atoms with Crippen LogP contribution in [0.2, 0.25) is 0 Å². The lowest BCUT2D eigenvalue weighted by molar-refractivity contribution is -0.137. The SMILES string of the molecule is NC(=O)C(Cl)Cc1cc(Br)cc(C(F)(F)F)c1. The van der Waals surface area contributed by atoms with E-state index in [9.17, 15) is 18.0 Å². The standard InChI is InChI=1S/C10H8BrClF3NO/c11-7-2-5(3-8(12)9(16)17)1-6(4-7)10(13,14)15/h1-2,4,8H,3H2,(H2,16,17). The first kappa shape index (κ1) is 14.3. The molecular formula is C10H8BrClF3NO. The van der Waals surface area contributed by atoms with Gasteiger partial charge in [0.05, 0.1) is 5.56 Å². The maximum atomic E-state index is 12.5. The second-order valence-electron chi connectivity index (χ2n) is 3.42. The molecule has 1 atom stereocenters. The maximum Gasteiger partial charge on any atom is 0.416 e. The van der Waals surface area contributed by atoms with E-state index in [1.54, 1.807) is 0 Å². The largest absolute Gasteiger partial charge is 0.416 e. The molecule has 0 saturated carbocycles. The summed E-state index contributed by atoms with van der Waals surface area (Å²) in [7, 11) is 0. The molecule has 0 aliphatic carbocycles. The van der Waals surface area contributed by atoms with Crippen LogP contribution in [0.4, 0.5) is 13.2 Å². The van der Waals surface area contributed by atoms with E-state index in [2.05, 4.69) is 15.9 Å². The zero-order valence-electron chi connectivity index (χ0n) is 8.39. The Hall–Kier alpha value is -0.750. The van der Waals surface area contributed by atoms with Crippen molar-refractivity contribution < 1.29 is 18.0 Å². The fraction of sp³-hybridized carbons (Fsp3) is 0.300. The van der Waals surface area contributed by atoms with Crippen LogP contribution in [0, 0.1) is 0 Å². The third-order valence-electron chi connectivity index (χ3n) is 2.01. The lowest BCUT2D eigenvalue weighted by atomic mass is 10.1. The number of primary amides is 1. The number of nitrogens with two attached hydrogens (primary N) is 1. The molecule has 0 heterocycles. The minimum Gasteiger partial charge on any atom is -0.368 e. The molecule has 0 radical (unpaired) electrons. The van der Waals surface area contributed by atoms with Gasteiger partial charge in [-0.1, -0.05) is 15.9 Å². The summed E-state index contributed by atoms with van der Waals surface area (Å²) in [5.74, 6) is -0.764. The molecule has 0 bridgehead atoms. The van der Waals surface area contributed by atoms with Crippen molar-refractivity contribution in [3.63, 3.8) is 0 Å². The van der Waals surface area contributed by atoms with E-state index >= 15 is 0 Å². The molecule has 1 amide bonds. The van der Waals surface area contributed by atoms with Gasteiger partial charge in [0.1, 0.15) is 5.38 Å². The van der Waals surface area contributed by atoms with E-state index in [-0.39, 0.29) is 10.9 Å². The van der Waals surface area contributed by atoms with Crippen molar-refractivity contribution in [3.05, 3.63) is 33.8 Å². The quantitative estimate of drug-likeness (QED) is 0.850. The Morgan fingerprint density at radius 2 is 2.00 bits per heavy atom. The van der Waals surface area contributed by atoms with Crippen LogP contribution in [0.25, 0.3) is 0 Å². The summed E-state index contributed by atoms with van der Waals surface area (Å²) in [6.45, 7) is 0. The molecule has 2 nitrogen and oxygen atoms in total. The zero-order valence-corrected chi connectivity index (χ0v) is 10.7. The van der Waals surface area contributed by atoms with Gasteiger partial charge in [0.15, 0.2) is 0 Å². The molecule has 2 N–H and O–H groups in total. The smallest absolute Gasteiger partial charge is 0.368 e. The molecule has 7 heteroatoms. The van der Waals surface area contributed by atoms with Crippen LogP contribution >= 0.6 is 27.5 Å². The monoisotopic (exact) mass is 329 g/mol. The molecule has 1 rings (SSSR count). The third-order valence-corrected chi connectivity index (χ3v) is 2.84. The number of carbonyl (C=O) groups is 1. The highest BCUT2D eigenvalue weighted by Gasteiger charge is 2.31. The minimum atomic E-state index is -4.44. The Balaban J connectivity index is 3.02. The molecule has 1 aromatic rings. The lowest BCUT2D eigenvalue weighted by Crippen LogP contribution is -2.25. The number of hydrogen-bond donors (Lipinski definition) is 1. The topological polar surface area (TPSA) is 43.1 Å². The second-order valence-corrected chi connectivity index (χ2v) is 4.86. The summed E-state index contributed by atoms with van der Waals surface area (Å²) in [6.07, 6.45) is -4.48. The Labute approximate surface area is 109 Å². The van der Waals surface area contributed by atoms with Crippen LogP contribution < -0.4 is 5.73 Å². The molecule has 0 aliphatic rings. The summed E-state index contributed by atoms with van der Waals surface area (Å²) in [5.41, 5.74) is 4.44. The van der Waals surface area contributed by atoms with Crippen molar-refractivity contribution in [2.45, 2.75) is 18.0 Å². The Kier molecular flexibility index (Phi) is 4.43. The number of amides is 1. The fourth-order valence-electron chi connectivity index (χ4n) is 1.24. The number of halogens is 5. The number of alkyl halides is 4. The van der Waals surface area contributed by atoms with Gasteiger partial charge in [-0.15, -0.1) is 11.6 Å². The van der Waals surface area contributed by atoms with Gasteiger partial charge in [-0.05, 0) is 30.2 Å². The molecule has 1 aromatic carbocycles. The van der Waals surface area contributed by atoms with Crippen molar-refractivity contribution >= 4 is 33.4 Å². The van der Waals surface area contributed by atoms with Crippen LogP contribution in [-0.2, 0) is 17.4 Å². The number of hydrogen-bond acceptors (Lipinski definition) is 1. The summed E-state index contributed by atoms with van der Waals surface area (Å²) < 4.78 is 37.8. The van der Waals surface area contributed by atoms with Gasteiger partial charge in [0.2, 0.25) is 5.91 Å². The molecular weight excluding hydrogens is 322 g/mol. The first-order chi connectivity index (χ1) is 7.70. The molecule has 17 heavy (non-hydrogen) atoms. The summed E-state index contributed by atoms with van der Waals surface area (Å²) in [4.78, 5) is 10.7. The second kappa shape index (κ2) is 5.27. The third kappa shape index (κ3) is 4.20. The van der Waals surface area contributed by atoms with Crippen LogP contribution in [0.15, 0.2) is 22.7 Å². The first-order valence-electron chi connectivity index (χ1n) is 4.50. The van der Waals surface area contributed by atoms with Crippen LogP contribution in [0.3, 0.4) is 0 Å². The molecule has 0 fully saturated rings. The van der Waals surface area contributed by atoms with Gasteiger partial charge < -0.3 is 5.73 Å². The van der Waals surface area contributed by atoms with E-state index < -0.39 is 23.0 Å². The normalized spacial score (nSPS) is 13.5. The van der Waals surface area contributed by atoms with E-state index in [1.807, 2.05) is 0 Å². The highest BCUT2D eigenvalue weighted by Crippen LogP contribution is 2.32. The Morgan fingerprint density at radius 1 is 1.41 bits per heavy atom. The van der Waals surface area contributed by atoms with Crippen molar-refractivity contribution in [3.8, 4) is 0 Å². The zero-order chi connectivity index (χ0) is 13.2. The molecule has 94 valence electrons. The van der Waals surface area contributed by atoms with E-state index in [0.29, 0.717) is 5.56 Å². The van der Waals surface area contributed by atoms with Gasteiger partial charge in [-0.25, -0.2) is 0 Å². The molecule has 1 unspecified atom stereocenters. The molecule has 0 spiro atoms. The lowest BCUT2D eigenvalue weighted by Gasteiger charge is -2.11. The van der Waals surface area contributed by atoms with Gasteiger partial charge in [0.25, 0.3) is 0 Å². The van der Waals surface area contributed by atoms with Gasteiger partial charge in [0, 0.05) is 4.47 Å². The molecule has 0 saturated heterocycles. The number of benzene rings is 1. The van der Waals surface area contributed by atoms with Gasteiger partial charge in [-0.3, -0.25) is 4.79 Å². The van der Waals surface area contributed by atoms with Gasteiger partial charge in [-0.2, -0.15) is 13.2 Å². The van der Waals surface area contributed by atoms with Crippen molar-refractivity contribution in [1.29, 1.82) is 0 Å². The molecule has 0 aromatic heterocycles. The van der Waals surface area contributed by atoms with E-state index in [0.717, 1.165) is 12.1 Å². The van der Waals surface area contributed by atoms with Crippen molar-refractivity contribution in [2.24, 2.45) is 5.73 Å². The predicted molar refractivity (Wildman–Crippen MR) is 61.7 cm³/mol. The Morgan fingerprint density at radius 3 is 2.47 bits per heavy atom. The first-order valence-corrected chi connectivity index (χ1v) is 5.73. The van der Waals surface area contributed by atoms with Crippen LogP contribution in [-0.4, -0.2) is 11.3 Å². The minimum absolute atomic E-state index is 0.0423.